The summed E-state index contributed by atoms with van der Waals surface area (Å²) in [4.78, 5) is 12.7. The Kier molecular flexibility index (Phi) is 6.11. The van der Waals surface area contributed by atoms with Crippen molar-refractivity contribution in [3.63, 3.8) is 0 Å². The van der Waals surface area contributed by atoms with Crippen LogP contribution in [-0.2, 0) is 16.4 Å². The first-order valence-electron chi connectivity index (χ1n) is 9.15. The van der Waals surface area contributed by atoms with E-state index in [9.17, 15) is 13.2 Å². The Labute approximate surface area is 170 Å². The highest BCUT2D eigenvalue weighted by molar-refractivity contribution is 7.89. The van der Waals surface area contributed by atoms with Crippen molar-refractivity contribution < 1.29 is 22.7 Å². The van der Waals surface area contributed by atoms with Crippen LogP contribution in [0.1, 0.15) is 29.8 Å². The topological polar surface area (TPSA) is 93.7 Å². The maximum atomic E-state index is 12.8. The molecule has 1 amide bonds. The summed E-state index contributed by atoms with van der Waals surface area (Å²) in [5.41, 5.74) is 1.67. The second-order valence-electron chi connectivity index (χ2n) is 6.53. The Bertz CT molecular complexity index is 1070. The van der Waals surface area contributed by atoms with Gasteiger partial charge in [-0.3, -0.25) is 4.79 Å². The van der Waals surface area contributed by atoms with Gasteiger partial charge in [0.2, 0.25) is 10.0 Å². The minimum atomic E-state index is -3.80. The first-order chi connectivity index (χ1) is 13.8. The summed E-state index contributed by atoms with van der Waals surface area (Å²) in [5.74, 6) is 2.98. The molecule has 1 atom stereocenters. The molecule has 152 valence electrons. The third-order valence-electron chi connectivity index (χ3n) is 4.32. The van der Waals surface area contributed by atoms with Gasteiger partial charge in [-0.15, -0.1) is 6.42 Å². The average Bonchev–Trinajstić information content (AvgIpc) is 3.05. The molecule has 1 aliphatic rings. The van der Waals surface area contributed by atoms with E-state index in [0.717, 1.165) is 12.0 Å². The summed E-state index contributed by atoms with van der Waals surface area (Å²) in [7, 11) is -3.80. The number of carbonyl (C=O) groups is 1. The first kappa shape index (κ1) is 20.7. The Balaban J connectivity index is 1.87. The Morgan fingerprint density at radius 1 is 1.34 bits per heavy atom. The van der Waals surface area contributed by atoms with Gasteiger partial charge in [-0.1, -0.05) is 12.0 Å². The number of carbonyl (C=O) groups excluding carboxylic acids is 1. The lowest BCUT2D eigenvalue weighted by molar-refractivity contribution is 0.102. The van der Waals surface area contributed by atoms with E-state index in [1.807, 2.05) is 19.9 Å². The van der Waals surface area contributed by atoms with Gasteiger partial charge in [-0.2, -0.15) is 4.72 Å². The molecule has 2 N–H and O–H groups in total. The molecule has 0 unspecified atom stereocenters. The zero-order valence-electron chi connectivity index (χ0n) is 16.2. The average molecular weight is 414 g/mol. The van der Waals surface area contributed by atoms with Gasteiger partial charge in [0.15, 0.2) is 0 Å². The fourth-order valence-corrected chi connectivity index (χ4v) is 4.01. The number of hydrogen-bond acceptors (Lipinski definition) is 5. The van der Waals surface area contributed by atoms with Crippen molar-refractivity contribution in [2.75, 3.05) is 18.5 Å². The summed E-state index contributed by atoms with van der Waals surface area (Å²) in [6.07, 6.45) is 5.93. The summed E-state index contributed by atoms with van der Waals surface area (Å²) in [6.45, 7) is 4.13. The number of hydrogen-bond donors (Lipinski definition) is 2. The number of ether oxygens (including phenoxy) is 2. The highest BCUT2D eigenvalue weighted by Gasteiger charge is 2.23. The molecule has 0 aliphatic carbocycles. The minimum absolute atomic E-state index is 0.0449. The van der Waals surface area contributed by atoms with Crippen LogP contribution in [0.4, 0.5) is 5.69 Å². The van der Waals surface area contributed by atoms with Crippen LogP contribution < -0.4 is 19.5 Å². The number of amides is 1. The van der Waals surface area contributed by atoms with Gasteiger partial charge < -0.3 is 14.8 Å². The summed E-state index contributed by atoms with van der Waals surface area (Å²) >= 11 is 0. The van der Waals surface area contributed by atoms with Crippen molar-refractivity contribution in [1.29, 1.82) is 0 Å². The predicted molar refractivity (Wildman–Crippen MR) is 110 cm³/mol. The lowest BCUT2D eigenvalue weighted by Gasteiger charge is -2.14. The Morgan fingerprint density at radius 2 is 2.14 bits per heavy atom. The SMILES string of the molecule is C#CCNS(=O)(=O)c1cccc(C(=O)Nc2cc3c(cc2OCC)C[C@H](C)O3)c1. The number of fused-ring (bicyclic) bond motifs is 1. The third-order valence-corrected chi connectivity index (χ3v) is 5.72. The molecule has 0 spiro atoms. The molecule has 1 aliphatic heterocycles. The molecule has 0 fully saturated rings. The van der Waals surface area contributed by atoms with Crippen LogP contribution >= 0.6 is 0 Å². The smallest absolute Gasteiger partial charge is 0.255 e. The number of rotatable bonds is 7. The zero-order chi connectivity index (χ0) is 21.0. The van der Waals surface area contributed by atoms with Gasteiger partial charge >= 0.3 is 0 Å². The molecule has 0 saturated carbocycles. The maximum Gasteiger partial charge on any atom is 0.255 e. The van der Waals surface area contributed by atoms with E-state index in [2.05, 4.69) is 16.0 Å². The fraction of sp³-hybridized carbons (Fsp3) is 0.286. The molecule has 29 heavy (non-hydrogen) atoms. The van der Waals surface area contributed by atoms with Crippen molar-refractivity contribution in [3.8, 4) is 23.8 Å². The molecule has 1 heterocycles. The molecular weight excluding hydrogens is 392 g/mol. The van der Waals surface area contributed by atoms with Crippen LogP contribution in [0.3, 0.4) is 0 Å². The predicted octanol–water partition coefficient (Wildman–Crippen LogP) is 2.57. The van der Waals surface area contributed by atoms with E-state index in [-0.39, 0.29) is 23.1 Å². The fourth-order valence-electron chi connectivity index (χ4n) is 3.03. The van der Waals surface area contributed by atoms with Crippen LogP contribution in [0.25, 0.3) is 0 Å². The molecular formula is C21H22N2O5S. The lowest BCUT2D eigenvalue weighted by atomic mass is 10.1. The van der Waals surface area contributed by atoms with Gasteiger partial charge in [-0.25, -0.2) is 8.42 Å². The molecule has 8 heteroatoms. The molecule has 2 aromatic carbocycles. The van der Waals surface area contributed by atoms with Gasteiger partial charge in [0.25, 0.3) is 5.91 Å². The van der Waals surface area contributed by atoms with E-state index in [4.69, 9.17) is 15.9 Å². The summed E-state index contributed by atoms with van der Waals surface area (Å²) < 4.78 is 38.2. The largest absolute Gasteiger partial charge is 0.492 e. The van der Waals surface area contributed by atoms with E-state index >= 15 is 0 Å². The Morgan fingerprint density at radius 3 is 2.86 bits per heavy atom. The van der Waals surface area contributed by atoms with Crippen LogP contribution in [0, 0.1) is 12.3 Å². The highest BCUT2D eigenvalue weighted by Crippen LogP contribution is 2.38. The monoisotopic (exact) mass is 414 g/mol. The molecule has 2 aromatic rings. The number of anilines is 1. The number of nitrogens with one attached hydrogen (secondary N) is 2. The second kappa shape index (κ2) is 8.55. The maximum absolute atomic E-state index is 12.8. The van der Waals surface area contributed by atoms with E-state index in [0.29, 0.717) is 23.8 Å². The van der Waals surface area contributed by atoms with Gasteiger partial charge in [0.05, 0.1) is 23.7 Å². The van der Waals surface area contributed by atoms with Crippen molar-refractivity contribution in [3.05, 3.63) is 47.5 Å². The van der Waals surface area contributed by atoms with E-state index < -0.39 is 15.9 Å². The lowest BCUT2D eigenvalue weighted by Crippen LogP contribution is -2.24. The van der Waals surface area contributed by atoms with E-state index in [1.54, 1.807) is 6.07 Å². The molecule has 0 aromatic heterocycles. The van der Waals surface area contributed by atoms with Crippen LogP contribution in [-0.4, -0.2) is 33.6 Å². The van der Waals surface area contributed by atoms with Crippen molar-refractivity contribution in [2.24, 2.45) is 0 Å². The van der Waals surface area contributed by atoms with Gasteiger partial charge in [0, 0.05) is 23.6 Å². The molecule has 0 radical (unpaired) electrons. The first-order valence-corrected chi connectivity index (χ1v) is 10.6. The quantitative estimate of drug-likeness (QED) is 0.679. The minimum Gasteiger partial charge on any atom is -0.492 e. The summed E-state index contributed by atoms with van der Waals surface area (Å²) in [5, 5.41) is 2.79. The zero-order valence-corrected chi connectivity index (χ0v) is 17.0. The second-order valence-corrected chi connectivity index (χ2v) is 8.30. The number of benzene rings is 2. The van der Waals surface area contributed by atoms with E-state index in [1.165, 1.54) is 24.3 Å². The summed E-state index contributed by atoms with van der Waals surface area (Å²) in [6, 6.07) is 9.31. The normalized spacial score (nSPS) is 15.1. The highest BCUT2D eigenvalue weighted by atomic mass is 32.2. The van der Waals surface area contributed by atoms with Crippen molar-refractivity contribution >= 4 is 21.6 Å². The molecule has 3 rings (SSSR count). The molecule has 0 bridgehead atoms. The number of terminal acetylenes is 1. The number of sulfonamides is 1. The van der Waals surface area contributed by atoms with Crippen molar-refractivity contribution in [1.82, 2.24) is 4.72 Å². The van der Waals surface area contributed by atoms with Crippen LogP contribution in [0.2, 0.25) is 0 Å². The molecule has 7 nitrogen and oxygen atoms in total. The van der Waals surface area contributed by atoms with Crippen LogP contribution in [0.5, 0.6) is 11.5 Å². The third kappa shape index (κ3) is 4.70. The standard InChI is InChI=1S/C21H22N2O5S/c1-4-9-22-29(25,26)17-8-6-7-15(11-17)21(24)23-18-13-19-16(10-14(3)28-19)12-20(18)27-5-2/h1,6-8,11-14,22H,5,9-10H2,2-3H3,(H,23,24)/t14-/m0/s1. The van der Waals surface area contributed by atoms with Gasteiger partial charge in [-0.05, 0) is 38.1 Å². The molecule has 0 saturated heterocycles. The van der Waals surface area contributed by atoms with Crippen LogP contribution in [0.15, 0.2) is 41.3 Å². The Hall–Kier alpha value is -3.02. The van der Waals surface area contributed by atoms with Gasteiger partial charge in [0.1, 0.15) is 17.6 Å². The van der Waals surface area contributed by atoms with Crippen molar-refractivity contribution in [2.45, 2.75) is 31.3 Å².